The molecule has 1 spiro atoms. The van der Waals surface area contributed by atoms with E-state index in [-0.39, 0.29) is 18.4 Å². The van der Waals surface area contributed by atoms with Gasteiger partial charge in [-0.2, -0.15) is 0 Å². The molecule has 0 aromatic heterocycles. The fourth-order valence-corrected chi connectivity index (χ4v) is 5.82. The molecule has 6 nitrogen and oxygen atoms in total. The van der Waals surface area contributed by atoms with Gasteiger partial charge in [-0.25, -0.2) is 4.79 Å². The van der Waals surface area contributed by atoms with Crippen LogP contribution in [0.1, 0.15) is 52.4 Å². The third kappa shape index (κ3) is 3.77. The normalized spacial score (nSPS) is 29.6. The van der Waals surface area contributed by atoms with Crippen molar-refractivity contribution in [3.63, 3.8) is 0 Å². The maximum absolute atomic E-state index is 13.2. The van der Waals surface area contributed by atoms with E-state index in [9.17, 15) is 14.4 Å². The monoisotopic (exact) mass is 415 g/mol. The number of fused-ring (bicyclic) bond motifs is 1. The number of rotatable bonds is 3. The largest absolute Gasteiger partial charge is 0.325 e. The van der Waals surface area contributed by atoms with Gasteiger partial charge in [0.1, 0.15) is 12.1 Å². The van der Waals surface area contributed by atoms with E-state index in [1.807, 2.05) is 24.3 Å². The Morgan fingerprint density at radius 1 is 1.21 bits per heavy atom. The van der Waals surface area contributed by atoms with E-state index in [1.54, 1.807) is 16.7 Å². The molecule has 2 aliphatic heterocycles. The zero-order valence-electron chi connectivity index (χ0n) is 17.1. The molecule has 156 valence electrons. The van der Waals surface area contributed by atoms with Crippen LogP contribution in [-0.2, 0) is 9.59 Å². The number of carbonyl (C=O) groups is 3. The van der Waals surface area contributed by atoms with Crippen LogP contribution in [0.4, 0.5) is 10.5 Å². The summed E-state index contributed by atoms with van der Waals surface area (Å²) in [5.41, 5.74) is 0.0708. The highest BCUT2D eigenvalue weighted by atomic mass is 32.2. The Bertz CT molecular complexity index is 819. The third-order valence-corrected chi connectivity index (χ3v) is 7.86. The van der Waals surface area contributed by atoms with Gasteiger partial charge in [0.15, 0.2) is 0 Å². The first-order valence-corrected chi connectivity index (χ1v) is 11.5. The van der Waals surface area contributed by atoms with Gasteiger partial charge in [-0.15, -0.1) is 11.8 Å². The molecule has 29 heavy (non-hydrogen) atoms. The fourth-order valence-electron chi connectivity index (χ4n) is 4.70. The summed E-state index contributed by atoms with van der Waals surface area (Å²) in [5.74, 6) is 0.195. The first kappa shape index (κ1) is 20.3. The van der Waals surface area contributed by atoms with Gasteiger partial charge in [0.2, 0.25) is 5.91 Å². The molecule has 2 heterocycles. The van der Waals surface area contributed by atoms with E-state index in [4.69, 9.17) is 0 Å². The van der Waals surface area contributed by atoms with Crippen LogP contribution in [0.3, 0.4) is 0 Å². The lowest BCUT2D eigenvalue weighted by Crippen LogP contribution is -2.50. The summed E-state index contributed by atoms with van der Waals surface area (Å²) in [5, 5.41) is 3.33. The maximum Gasteiger partial charge on any atom is 0.325 e. The van der Waals surface area contributed by atoms with Gasteiger partial charge in [-0.3, -0.25) is 14.5 Å². The standard InChI is InChI=1S/C22H29N3O3S/c1-3-16-8-11-22(12-9-16)20(27)25(21(28)23-22)14-19(26)24-13-10-15(2)29-18-7-5-4-6-17(18)24/h4-7,15-16H,3,8-14H2,1-2H3,(H,23,28)/t15-,16?,22?/m1/s1. The smallest absolute Gasteiger partial charge is 0.323 e. The van der Waals surface area contributed by atoms with Crippen molar-refractivity contribution in [3.8, 4) is 0 Å². The number of urea groups is 1. The van der Waals surface area contributed by atoms with Crippen LogP contribution in [-0.4, -0.2) is 46.6 Å². The van der Waals surface area contributed by atoms with Crippen LogP contribution in [0.2, 0.25) is 0 Å². The minimum atomic E-state index is -0.801. The lowest BCUT2D eigenvalue weighted by Gasteiger charge is -2.34. The Balaban J connectivity index is 1.50. The Kier molecular flexibility index (Phi) is 5.60. The molecule has 1 atom stereocenters. The van der Waals surface area contributed by atoms with Crippen LogP contribution in [0.5, 0.6) is 0 Å². The van der Waals surface area contributed by atoms with Crippen molar-refractivity contribution in [1.29, 1.82) is 0 Å². The number of benzene rings is 1. The summed E-state index contributed by atoms with van der Waals surface area (Å²) in [6, 6.07) is 7.43. The maximum atomic E-state index is 13.2. The van der Waals surface area contributed by atoms with Gasteiger partial charge in [0.05, 0.1) is 5.69 Å². The summed E-state index contributed by atoms with van der Waals surface area (Å²) < 4.78 is 0. The molecule has 3 aliphatic rings. The number of hydrogen-bond donors (Lipinski definition) is 1. The molecule has 1 aromatic carbocycles. The Hall–Kier alpha value is -2.02. The predicted octanol–water partition coefficient (Wildman–Crippen LogP) is 3.79. The second kappa shape index (κ2) is 8.01. The van der Waals surface area contributed by atoms with E-state index in [0.29, 0.717) is 30.6 Å². The average Bonchev–Trinajstić information content (AvgIpc) is 2.85. The van der Waals surface area contributed by atoms with E-state index in [2.05, 4.69) is 19.2 Å². The molecule has 2 fully saturated rings. The number of nitrogens with one attached hydrogen (secondary N) is 1. The zero-order valence-corrected chi connectivity index (χ0v) is 18.0. The van der Waals surface area contributed by atoms with Gasteiger partial charge in [0.25, 0.3) is 5.91 Å². The summed E-state index contributed by atoms with van der Waals surface area (Å²) in [6.45, 7) is 4.72. The number of hydrogen-bond acceptors (Lipinski definition) is 4. The molecule has 1 aromatic rings. The Labute approximate surface area is 176 Å². The van der Waals surface area contributed by atoms with E-state index in [0.717, 1.165) is 41.2 Å². The minimum absolute atomic E-state index is 0.197. The van der Waals surface area contributed by atoms with Crippen molar-refractivity contribution in [1.82, 2.24) is 10.2 Å². The number of amides is 4. The molecule has 0 radical (unpaired) electrons. The van der Waals surface area contributed by atoms with E-state index < -0.39 is 11.6 Å². The minimum Gasteiger partial charge on any atom is -0.323 e. The quantitative estimate of drug-likeness (QED) is 0.763. The highest BCUT2D eigenvalue weighted by Gasteiger charge is 2.52. The van der Waals surface area contributed by atoms with Crippen molar-refractivity contribution in [2.45, 2.75) is 68.1 Å². The zero-order chi connectivity index (χ0) is 20.6. The van der Waals surface area contributed by atoms with Crippen LogP contribution in [0, 0.1) is 5.92 Å². The fraction of sp³-hybridized carbons (Fsp3) is 0.591. The predicted molar refractivity (Wildman–Crippen MR) is 114 cm³/mol. The van der Waals surface area contributed by atoms with Crippen LogP contribution < -0.4 is 10.2 Å². The molecule has 1 aliphatic carbocycles. The van der Waals surface area contributed by atoms with Gasteiger partial charge < -0.3 is 10.2 Å². The van der Waals surface area contributed by atoms with Crippen LogP contribution in [0.15, 0.2) is 29.2 Å². The molecule has 1 N–H and O–H groups in total. The first-order chi connectivity index (χ1) is 13.9. The SMILES string of the molecule is CCC1CCC2(CC1)NC(=O)N(CC(=O)N1CC[C@@H](C)Sc3ccccc31)C2=O. The number of para-hydroxylation sites is 1. The van der Waals surface area contributed by atoms with Crippen molar-refractivity contribution < 1.29 is 14.4 Å². The summed E-state index contributed by atoms with van der Waals surface area (Å²) in [7, 11) is 0. The van der Waals surface area contributed by atoms with E-state index in [1.165, 1.54) is 0 Å². The van der Waals surface area contributed by atoms with Gasteiger partial charge in [-0.05, 0) is 50.2 Å². The summed E-state index contributed by atoms with van der Waals surface area (Å²) in [6.07, 6.45) is 5.19. The van der Waals surface area contributed by atoms with Crippen LogP contribution in [0.25, 0.3) is 0 Å². The molecular weight excluding hydrogens is 386 g/mol. The molecule has 1 saturated carbocycles. The third-order valence-electron chi connectivity index (χ3n) is 6.62. The highest BCUT2D eigenvalue weighted by molar-refractivity contribution is 8.00. The second-order valence-corrected chi connectivity index (χ2v) is 9.97. The summed E-state index contributed by atoms with van der Waals surface area (Å²) >= 11 is 1.76. The molecular formula is C22H29N3O3S. The Morgan fingerprint density at radius 3 is 2.66 bits per heavy atom. The van der Waals surface area contributed by atoms with Gasteiger partial charge in [0, 0.05) is 16.7 Å². The second-order valence-electron chi connectivity index (χ2n) is 8.49. The molecule has 0 bridgehead atoms. The highest BCUT2D eigenvalue weighted by Crippen LogP contribution is 2.39. The van der Waals surface area contributed by atoms with Crippen LogP contribution >= 0.6 is 11.8 Å². The summed E-state index contributed by atoms with van der Waals surface area (Å²) in [4.78, 5) is 42.9. The van der Waals surface area contributed by atoms with Crippen molar-refractivity contribution >= 4 is 35.3 Å². The lowest BCUT2D eigenvalue weighted by molar-refractivity contribution is -0.135. The number of thioether (sulfide) groups is 1. The van der Waals surface area contributed by atoms with Crippen molar-refractivity contribution in [2.75, 3.05) is 18.0 Å². The topological polar surface area (TPSA) is 69.7 Å². The number of anilines is 1. The molecule has 0 unspecified atom stereocenters. The molecule has 4 amide bonds. The molecule has 1 saturated heterocycles. The average molecular weight is 416 g/mol. The van der Waals surface area contributed by atoms with Gasteiger partial charge in [-0.1, -0.05) is 32.4 Å². The van der Waals surface area contributed by atoms with Crippen molar-refractivity contribution in [3.05, 3.63) is 24.3 Å². The molecule has 7 heteroatoms. The number of carbonyl (C=O) groups excluding carboxylic acids is 3. The first-order valence-electron chi connectivity index (χ1n) is 10.6. The van der Waals surface area contributed by atoms with Gasteiger partial charge >= 0.3 is 6.03 Å². The Morgan fingerprint density at radius 2 is 1.93 bits per heavy atom. The lowest BCUT2D eigenvalue weighted by atomic mass is 9.75. The number of imide groups is 1. The van der Waals surface area contributed by atoms with Crippen molar-refractivity contribution in [2.24, 2.45) is 5.92 Å². The van der Waals surface area contributed by atoms with E-state index >= 15 is 0 Å². The number of nitrogens with zero attached hydrogens (tertiary/aromatic N) is 2. The molecule has 4 rings (SSSR count).